The third-order valence-electron chi connectivity index (χ3n) is 4.23. The number of aromatic nitrogens is 1. The molecule has 1 amide bonds. The fourth-order valence-corrected chi connectivity index (χ4v) is 4.55. The fourth-order valence-electron chi connectivity index (χ4n) is 2.78. The van der Waals surface area contributed by atoms with Gasteiger partial charge in [0.2, 0.25) is 15.9 Å². The van der Waals surface area contributed by atoms with Crippen molar-refractivity contribution in [3.8, 4) is 0 Å². The number of hydrogen-bond donors (Lipinski definition) is 1. The first-order valence-corrected chi connectivity index (χ1v) is 11.1. The molecule has 1 heterocycles. The second-order valence-corrected chi connectivity index (χ2v) is 9.38. The summed E-state index contributed by atoms with van der Waals surface area (Å²) < 4.78 is 65.8. The molecule has 0 saturated heterocycles. The maximum Gasteiger partial charge on any atom is 0.416 e. The number of anilines is 2. The van der Waals surface area contributed by atoms with Gasteiger partial charge in [0.05, 0.1) is 27.7 Å². The zero-order chi connectivity index (χ0) is 22.3. The Hall–Kier alpha value is -2.86. The summed E-state index contributed by atoms with van der Waals surface area (Å²) in [4.78, 5) is 24.0. The minimum absolute atomic E-state index is 0.179. The Labute approximate surface area is 173 Å². The molecule has 1 aromatic heterocycles. The summed E-state index contributed by atoms with van der Waals surface area (Å²) in [5.41, 5.74) is -0.311. The minimum atomic E-state index is -4.66. The van der Waals surface area contributed by atoms with Crippen LogP contribution in [0.5, 0.6) is 0 Å². The zero-order valence-electron chi connectivity index (χ0n) is 15.7. The number of carbonyl (C=O) groups is 1. The summed E-state index contributed by atoms with van der Waals surface area (Å²) in [5.74, 6) is -0.750. The molecule has 160 valence electrons. The molecule has 3 rings (SSSR count). The van der Waals surface area contributed by atoms with Crippen LogP contribution in [0.2, 0.25) is 0 Å². The van der Waals surface area contributed by atoms with Crippen LogP contribution >= 0.6 is 11.3 Å². The fraction of sp³-hybridized carbons (Fsp3) is 0.222. The number of nitrogens with zero attached hydrogens (tertiary/aromatic N) is 2. The smallest absolute Gasteiger partial charge is 0.324 e. The molecule has 7 nitrogen and oxygen atoms in total. The highest BCUT2D eigenvalue weighted by Crippen LogP contribution is 2.32. The molecule has 0 saturated carbocycles. The van der Waals surface area contributed by atoms with Crippen LogP contribution in [0.15, 0.2) is 47.3 Å². The van der Waals surface area contributed by atoms with E-state index in [1.54, 1.807) is 25.2 Å². The van der Waals surface area contributed by atoms with E-state index >= 15 is 0 Å². The Kier molecular flexibility index (Phi) is 5.65. The van der Waals surface area contributed by atoms with E-state index in [0.29, 0.717) is 26.3 Å². The van der Waals surface area contributed by atoms with Crippen molar-refractivity contribution < 1.29 is 26.4 Å². The van der Waals surface area contributed by atoms with Gasteiger partial charge in [-0.2, -0.15) is 13.2 Å². The molecular formula is C18H16F3N3O4S2. The van der Waals surface area contributed by atoms with Crippen molar-refractivity contribution in [1.82, 2.24) is 4.57 Å². The average Bonchev–Trinajstić information content (AvgIpc) is 2.92. The van der Waals surface area contributed by atoms with Crippen LogP contribution in [0.25, 0.3) is 10.2 Å². The number of nitrogens with one attached hydrogen (secondary N) is 1. The number of fused-ring (bicyclic) bond motifs is 1. The molecule has 0 fully saturated rings. The van der Waals surface area contributed by atoms with Crippen LogP contribution in [-0.4, -0.2) is 31.7 Å². The van der Waals surface area contributed by atoms with E-state index in [0.717, 1.165) is 29.7 Å². The molecule has 12 heteroatoms. The number of aryl methyl sites for hydroxylation is 1. The number of halogens is 3. The molecule has 0 radical (unpaired) electrons. The molecule has 2 aromatic carbocycles. The Morgan fingerprint density at radius 1 is 1.20 bits per heavy atom. The molecule has 1 N–H and O–H groups in total. The van der Waals surface area contributed by atoms with Crippen LogP contribution in [-0.2, 0) is 28.0 Å². The van der Waals surface area contributed by atoms with Gasteiger partial charge in [0, 0.05) is 12.7 Å². The number of benzene rings is 2. The van der Waals surface area contributed by atoms with Crippen molar-refractivity contribution >= 4 is 48.9 Å². The summed E-state index contributed by atoms with van der Waals surface area (Å²) in [6, 6.07) is 8.46. The second-order valence-electron chi connectivity index (χ2n) is 6.48. The Morgan fingerprint density at radius 2 is 1.90 bits per heavy atom. The van der Waals surface area contributed by atoms with Gasteiger partial charge in [0.15, 0.2) is 0 Å². The first kappa shape index (κ1) is 21.8. The molecule has 30 heavy (non-hydrogen) atoms. The van der Waals surface area contributed by atoms with Gasteiger partial charge in [-0.3, -0.25) is 13.9 Å². The van der Waals surface area contributed by atoms with E-state index in [-0.39, 0.29) is 10.6 Å². The average molecular weight is 459 g/mol. The molecule has 0 spiro atoms. The predicted molar refractivity (Wildman–Crippen MR) is 109 cm³/mol. The maximum atomic E-state index is 13.0. The first-order chi connectivity index (χ1) is 13.9. The number of thiazole rings is 1. The largest absolute Gasteiger partial charge is 0.416 e. The van der Waals surface area contributed by atoms with Crippen molar-refractivity contribution in [3.05, 3.63) is 57.7 Å². The van der Waals surface area contributed by atoms with Crippen molar-refractivity contribution in [2.75, 3.05) is 22.4 Å². The van der Waals surface area contributed by atoms with Gasteiger partial charge in [0.1, 0.15) is 6.54 Å². The van der Waals surface area contributed by atoms with Crippen molar-refractivity contribution in [1.29, 1.82) is 0 Å². The molecule has 3 aromatic rings. The zero-order valence-corrected chi connectivity index (χ0v) is 17.4. The number of amides is 1. The van der Waals surface area contributed by atoms with Crippen LogP contribution in [0.4, 0.5) is 24.5 Å². The quantitative estimate of drug-likeness (QED) is 0.635. The van der Waals surface area contributed by atoms with Crippen LogP contribution < -0.4 is 14.5 Å². The van der Waals surface area contributed by atoms with Gasteiger partial charge in [-0.15, -0.1) is 0 Å². The molecule has 0 atom stereocenters. The van der Waals surface area contributed by atoms with Gasteiger partial charge < -0.3 is 9.88 Å². The maximum absolute atomic E-state index is 13.0. The summed E-state index contributed by atoms with van der Waals surface area (Å²) in [7, 11) is -2.43. The standard InChI is InChI=1S/C18H16F3N3O4S2/c1-23-14-7-6-12(9-15(14)29-17(23)26)22-16(25)10-24(30(2,27)28)13-5-3-4-11(8-13)18(19,20)21/h3-9H,10H2,1-2H3,(H,22,25). The third kappa shape index (κ3) is 4.65. The minimum Gasteiger partial charge on any atom is -0.324 e. The van der Waals surface area contributed by atoms with Crippen molar-refractivity contribution in [2.45, 2.75) is 6.18 Å². The summed E-state index contributed by atoms with van der Waals surface area (Å²) >= 11 is 0.982. The second kappa shape index (κ2) is 7.76. The van der Waals surface area contributed by atoms with Gasteiger partial charge in [-0.25, -0.2) is 8.42 Å². The Morgan fingerprint density at radius 3 is 2.53 bits per heavy atom. The van der Waals surface area contributed by atoms with Gasteiger partial charge in [-0.05, 0) is 36.4 Å². The first-order valence-electron chi connectivity index (χ1n) is 8.40. The lowest BCUT2D eigenvalue weighted by Gasteiger charge is -2.22. The van der Waals surface area contributed by atoms with Crippen LogP contribution in [0, 0.1) is 0 Å². The summed E-state index contributed by atoms with van der Waals surface area (Å²) in [5, 5.41) is 2.51. The molecule has 0 aliphatic rings. The number of sulfonamides is 1. The molecular weight excluding hydrogens is 443 g/mol. The topological polar surface area (TPSA) is 88.5 Å². The molecule has 0 unspecified atom stereocenters. The van der Waals surface area contributed by atoms with E-state index in [2.05, 4.69) is 5.32 Å². The molecule has 0 bridgehead atoms. The van der Waals surface area contributed by atoms with E-state index in [1.807, 2.05) is 0 Å². The number of rotatable bonds is 5. The highest BCUT2D eigenvalue weighted by Gasteiger charge is 2.32. The van der Waals surface area contributed by atoms with Gasteiger partial charge in [-0.1, -0.05) is 17.4 Å². The lowest BCUT2D eigenvalue weighted by Crippen LogP contribution is -2.37. The summed E-state index contributed by atoms with van der Waals surface area (Å²) in [6.45, 7) is -0.719. The highest BCUT2D eigenvalue weighted by molar-refractivity contribution is 7.92. The number of carbonyl (C=O) groups excluding carboxylic acids is 1. The number of alkyl halides is 3. The van der Waals surface area contributed by atoms with E-state index < -0.39 is 34.2 Å². The SMILES string of the molecule is Cn1c(=O)sc2cc(NC(=O)CN(c3cccc(C(F)(F)F)c3)S(C)(=O)=O)ccc21. The lowest BCUT2D eigenvalue weighted by molar-refractivity contribution is -0.137. The van der Waals surface area contributed by atoms with E-state index in [4.69, 9.17) is 0 Å². The Balaban J connectivity index is 1.86. The monoisotopic (exact) mass is 459 g/mol. The predicted octanol–water partition coefficient (Wildman–Crippen LogP) is 3.02. The van der Waals surface area contributed by atoms with Crippen molar-refractivity contribution in [3.63, 3.8) is 0 Å². The van der Waals surface area contributed by atoms with Gasteiger partial charge >= 0.3 is 11.0 Å². The third-order valence-corrected chi connectivity index (χ3v) is 6.36. The lowest BCUT2D eigenvalue weighted by atomic mass is 10.2. The number of hydrogen-bond acceptors (Lipinski definition) is 5. The Bertz CT molecular complexity index is 1280. The molecule has 0 aliphatic heterocycles. The van der Waals surface area contributed by atoms with E-state index in [1.165, 1.54) is 10.6 Å². The molecule has 0 aliphatic carbocycles. The summed E-state index contributed by atoms with van der Waals surface area (Å²) in [6.07, 6.45) is -3.86. The van der Waals surface area contributed by atoms with E-state index in [9.17, 15) is 31.2 Å². The van der Waals surface area contributed by atoms with Crippen LogP contribution in [0.3, 0.4) is 0 Å². The van der Waals surface area contributed by atoms with Crippen molar-refractivity contribution in [2.24, 2.45) is 7.05 Å². The highest BCUT2D eigenvalue weighted by atomic mass is 32.2. The van der Waals surface area contributed by atoms with Crippen LogP contribution in [0.1, 0.15) is 5.56 Å². The van der Waals surface area contributed by atoms with Gasteiger partial charge in [0.25, 0.3) is 0 Å². The normalized spacial score (nSPS) is 12.2.